The molecule has 0 spiro atoms. The zero-order valence-electron chi connectivity index (χ0n) is 34.2. The fourth-order valence-electron chi connectivity index (χ4n) is 6.98. The van der Waals surface area contributed by atoms with E-state index < -0.39 is 7.12 Å². The minimum Gasteiger partial charge on any atom is -0.423 e. The smallest absolute Gasteiger partial charge is 0.423 e. The largest absolute Gasteiger partial charge is 0.488 e. The lowest BCUT2D eigenvalue weighted by Crippen LogP contribution is -2.12. The summed E-state index contributed by atoms with van der Waals surface area (Å²) in [4.78, 5) is 18.5. The first kappa shape index (κ1) is 43.5. The molecule has 6 aromatic heterocycles. The molecule has 0 unspecified atom stereocenters. The number of hydrogen-bond acceptors (Lipinski definition) is 6. The SMILES string of the molecule is C=C(B(O)O)c1ccccc1.C=C(c1ccccc1)c1ccc(-c2c(-c3ccc(Cl)cc3)nc3ccccn23)cn1.Clc1ccc(-c2nc3ccccn3c2-c2ccc(Cl)nc2)cc1. The van der Waals surface area contributed by atoms with Gasteiger partial charge in [0.1, 0.15) is 16.4 Å². The van der Waals surface area contributed by atoms with E-state index in [0.717, 1.165) is 78.7 Å². The molecule has 0 fully saturated rings. The molecule has 0 radical (unpaired) electrons. The first-order valence-corrected chi connectivity index (χ1v) is 21.2. The van der Waals surface area contributed by atoms with Crippen LogP contribution < -0.4 is 0 Å². The third kappa shape index (κ3) is 9.90. The van der Waals surface area contributed by atoms with Gasteiger partial charge in [0.2, 0.25) is 0 Å². The third-order valence-corrected chi connectivity index (χ3v) is 10.9. The van der Waals surface area contributed by atoms with Crippen LogP contribution in [-0.4, -0.2) is 45.9 Å². The summed E-state index contributed by atoms with van der Waals surface area (Å²) in [6, 6.07) is 54.3. The standard InChI is InChI=1S/C26H18ClN3.C18H11Cl2N3.C8H9BO2/c1-18(19-7-3-2-4-8-19)23-15-12-21(17-28-23)26-25(20-10-13-22(27)14-11-20)29-24-9-5-6-16-30(24)26;19-14-7-4-12(5-8-14)17-18(13-6-9-15(20)21-11-13)23-10-2-1-3-16(23)22-17;1-7(9(10)11)8-5-3-2-4-6-8/h2-17H,1H2;1-11H;2-6,10-11H,1H2. The van der Waals surface area contributed by atoms with Gasteiger partial charge < -0.3 is 10.0 Å². The third-order valence-electron chi connectivity index (χ3n) is 10.2. The van der Waals surface area contributed by atoms with Crippen LogP contribution >= 0.6 is 34.8 Å². The van der Waals surface area contributed by atoms with Crippen molar-refractivity contribution < 1.29 is 10.0 Å². The van der Waals surface area contributed by atoms with Crippen molar-refractivity contribution in [1.82, 2.24) is 28.7 Å². The van der Waals surface area contributed by atoms with Gasteiger partial charge in [0.05, 0.1) is 28.5 Å². The maximum atomic E-state index is 8.73. The Labute approximate surface area is 385 Å². The first-order valence-electron chi connectivity index (χ1n) is 20.0. The maximum absolute atomic E-state index is 8.73. The van der Waals surface area contributed by atoms with Crippen LogP contribution in [0.25, 0.3) is 67.4 Å². The average molecular weight is 896 g/mol. The second-order valence-corrected chi connectivity index (χ2v) is 15.7. The Morgan fingerprint density at radius 2 is 0.906 bits per heavy atom. The van der Waals surface area contributed by atoms with Gasteiger partial charge in [0.25, 0.3) is 0 Å². The molecule has 2 N–H and O–H groups in total. The zero-order chi connectivity index (χ0) is 44.6. The van der Waals surface area contributed by atoms with E-state index in [1.165, 1.54) is 0 Å². The molecular formula is C52H38BCl3N6O2. The second kappa shape index (κ2) is 19.9. The normalized spacial score (nSPS) is 10.7. The quantitative estimate of drug-likeness (QED) is 0.116. The van der Waals surface area contributed by atoms with E-state index in [4.69, 9.17) is 59.8 Å². The molecule has 8 nitrogen and oxygen atoms in total. The summed E-state index contributed by atoms with van der Waals surface area (Å²) in [6.45, 7) is 7.74. The average Bonchev–Trinajstić information content (AvgIpc) is 3.92. The molecule has 0 saturated carbocycles. The Balaban J connectivity index is 0.000000145. The zero-order valence-corrected chi connectivity index (χ0v) is 36.4. The van der Waals surface area contributed by atoms with Gasteiger partial charge in [-0.25, -0.2) is 15.0 Å². The highest BCUT2D eigenvalue weighted by molar-refractivity contribution is 6.65. The van der Waals surface area contributed by atoms with Gasteiger partial charge in [0, 0.05) is 62.7 Å². The number of pyridine rings is 4. The highest BCUT2D eigenvalue weighted by atomic mass is 35.5. The summed E-state index contributed by atoms with van der Waals surface area (Å²) < 4.78 is 4.14. The molecular weight excluding hydrogens is 858 g/mol. The van der Waals surface area contributed by atoms with Crippen molar-refractivity contribution in [1.29, 1.82) is 0 Å². The van der Waals surface area contributed by atoms with Crippen molar-refractivity contribution in [2.45, 2.75) is 0 Å². The highest BCUT2D eigenvalue weighted by Gasteiger charge is 2.18. The molecule has 12 heteroatoms. The Kier molecular flexibility index (Phi) is 13.6. The number of fused-ring (bicyclic) bond motifs is 2. The number of hydrogen-bond donors (Lipinski definition) is 2. The summed E-state index contributed by atoms with van der Waals surface area (Å²) >= 11 is 18.0. The summed E-state index contributed by atoms with van der Waals surface area (Å²) in [6.07, 6.45) is 7.66. The Morgan fingerprint density at radius 1 is 0.469 bits per heavy atom. The van der Waals surface area contributed by atoms with Crippen LogP contribution in [0.3, 0.4) is 0 Å². The van der Waals surface area contributed by atoms with Gasteiger partial charge >= 0.3 is 7.12 Å². The van der Waals surface area contributed by atoms with Crippen LogP contribution in [0.4, 0.5) is 0 Å². The molecule has 0 amide bonds. The van der Waals surface area contributed by atoms with Crippen molar-refractivity contribution in [3.63, 3.8) is 0 Å². The maximum Gasteiger partial charge on any atom is 0.488 e. The minimum absolute atomic E-state index is 0.325. The Morgan fingerprint density at radius 3 is 1.34 bits per heavy atom. The molecule has 4 aromatic carbocycles. The van der Waals surface area contributed by atoms with E-state index in [2.05, 4.69) is 33.0 Å². The topological polar surface area (TPSA) is 101 Å². The first-order chi connectivity index (χ1) is 31.1. The van der Waals surface area contributed by atoms with Crippen LogP contribution in [0, 0.1) is 0 Å². The molecule has 0 saturated heterocycles. The predicted molar refractivity (Wildman–Crippen MR) is 263 cm³/mol. The molecule has 10 aromatic rings. The van der Waals surface area contributed by atoms with Gasteiger partial charge in [-0.15, -0.1) is 0 Å². The van der Waals surface area contributed by atoms with Gasteiger partial charge in [0.15, 0.2) is 0 Å². The van der Waals surface area contributed by atoms with Crippen molar-refractivity contribution in [2.75, 3.05) is 0 Å². The summed E-state index contributed by atoms with van der Waals surface area (Å²) in [5.74, 6) is 0. The molecule has 0 atom stereocenters. The van der Waals surface area contributed by atoms with Crippen LogP contribution in [0.1, 0.15) is 16.8 Å². The van der Waals surface area contributed by atoms with Gasteiger partial charge in [-0.3, -0.25) is 13.8 Å². The van der Waals surface area contributed by atoms with E-state index >= 15 is 0 Å². The van der Waals surface area contributed by atoms with E-state index in [9.17, 15) is 0 Å². The second-order valence-electron chi connectivity index (χ2n) is 14.4. The fourth-order valence-corrected chi connectivity index (χ4v) is 7.34. The van der Waals surface area contributed by atoms with Crippen LogP contribution in [-0.2, 0) is 0 Å². The summed E-state index contributed by atoms with van der Waals surface area (Å²) in [7, 11) is -1.46. The van der Waals surface area contributed by atoms with Gasteiger partial charge in [-0.1, -0.05) is 145 Å². The molecule has 0 aliphatic carbocycles. The number of rotatable bonds is 8. The fraction of sp³-hybridized carbons (Fsp3) is 0. The lowest BCUT2D eigenvalue weighted by atomic mass is 9.76. The van der Waals surface area contributed by atoms with Gasteiger partial charge in [-0.05, 0) is 89.4 Å². The number of halogens is 3. The number of benzene rings is 4. The molecule has 0 bridgehead atoms. The van der Waals surface area contributed by atoms with E-state index in [0.29, 0.717) is 20.7 Å². The Bertz CT molecular complexity index is 3180. The molecule has 6 heterocycles. The summed E-state index contributed by atoms with van der Waals surface area (Å²) in [5.41, 5.74) is 13.4. The number of aromatic nitrogens is 6. The van der Waals surface area contributed by atoms with Crippen LogP contribution in [0.2, 0.25) is 15.2 Å². The van der Waals surface area contributed by atoms with Crippen molar-refractivity contribution in [3.8, 4) is 45.0 Å². The van der Waals surface area contributed by atoms with Crippen molar-refractivity contribution >= 4 is 64.3 Å². The lowest BCUT2D eigenvalue weighted by Gasteiger charge is -2.09. The van der Waals surface area contributed by atoms with E-state index in [1.807, 2.05) is 164 Å². The van der Waals surface area contributed by atoms with Crippen molar-refractivity contribution in [3.05, 3.63) is 240 Å². The lowest BCUT2D eigenvalue weighted by molar-refractivity contribution is 0.427. The monoisotopic (exact) mass is 894 g/mol. The van der Waals surface area contributed by atoms with Crippen molar-refractivity contribution in [2.24, 2.45) is 0 Å². The van der Waals surface area contributed by atoms with Gasteiger partial charge in [-0.2, -0.15) is 0 Å². The molecule has 10 rings (SSSR count). The number of nitrogens with zero attached hydrogens (tertiary/aromatic N) is 6. The molecule has 0 aliphatic heterocycles. The Hall–Kier alpha value is -7.11. The van der Waals surface area contributed by atoms with E-state index in [-0.39, 0.29) is 0 Å². The molecule has 312 valence electrons. The van der Waals surface area contributed by atoms with Crippen LogP contribution in [0.5, 0.6) is 0 Å². The summed E-state index contributed by atoms with van der Waals surface area (Å²) in [5, 5.41) is 19.3. The highest BCUT2D eigenvalue weighted by Crippen LogP contribution is 2.35. The predicted octanol–water partition coefficient (Wildman–Crippen LogP) is 12.9. The minimum atomic E-state index is -1.46. The number of imidazole rings is 2. The van der Waals surface area contributed by atoms with E-state index in [1.54, 1.807) is 24.4 Å². The molecule has 64 heavy (non-hydrogen) atoms. The van der Waals surface area contributed by atoms with Crippen LogP contribution in [0.15, 0.2) is 208 Å². The molecule has 0 aliphatic rings.